The Kier molecular flexibility index (Phi) is 7.16. The summed E-state index contributed by atoms with van der Waals surface area (Å²) < 4.78 is 8.45. The Morgan fingerprint density at radius 3 is 2.65 bits per heavy atom. The molecule has 0 N–H and O–H groups in total. The van der Waals surface area contributed by atoms with Gasteiger partial charge in [0.1, 0.15) is 0 Å². The molecule has 0 unspecified atom stereocenters. The van der Waals surface area contributed by atoms with Gasteiger partial charge in [0.2, 0.25) is 5.91 Å². The Labute approximate surface area is 167 Å². The molecule has 1 fully saturated rings. The zero-order valence-corrected chi connectivity index (χ0v) is 17.4. The van der Waals surface area contributed by atoms with Crippen molar-refractivity contribution in [2.24, 2.45) is 0 Å². The molecule has 1 saturated heterocycles. The van der Waals surface area contributed by atoms with E-state index in [4.69, 9.17) is 4.74 Å². The number of hydrogen-bond acceptors (Lipinski definition) is 4. The molecule has 1 aliphatic heterocycles. The second-order valence-corrected chi connectivity index (χ2v) is 8.17. The van der Waals surface area contributed by atoms with Crippen LogP contribution in [0, 0.1) is 0 Å². The summed E-state index contributed by atoms with van der Waals surface area (Å²) in [6, 6.07) is 8.18. The number of likely N-dealkylation sites (tertiary alicyclic amines) is 1. The fourth-order valence-electron chi connectivity index (χ4n) is 3.08. The van der Waals surface area contributed by atoms with Gasteiger partial charge in [-0.3, -0.25) is 4.79 Å². The van der Waals surface area contributed by atoms with Crippen LogP contribution >= 0.6 is 27.7 Å². The molecule has 0 atom stereocenters. The molecule has 2 heterocycles. The van der Waals surface area contributed by atoms with Crippen molar-refractivity contribution in [1.82, 2.24) is 14.5 Å². The van der Waals surface area contributed by atoms with Crippen LogP contribution in [0.3, 0.4) is 0 Å². The van der Waals surface area contributed by atoms with E-state index in [2.05, 4.69) is 37.6 Å². The van der Waals surface area contributed by atoms with E-state index in [1.54, 1.807) is 7.11 Å². The Balaban J connectivity index is 1.73. The standard InChI is InChI=1S/C19H24BrN3O2S/c1-25-12-11-23-17(15-5-7-16(20)8-6-15)13-21-19(23)26-14-18(24)22-9-3-2-4-10-22/h5-8,13H,2-4,9-12,14H2,1H3. The minimum atomic E-state index is 0.209. The maximum Gasteiger partial charge on any atom is 0.233 e. The second-order valence-electron chi connectivity index (χ2n) is 6.31. The van der Waals surface area contributed by atoms with Gasteiger partial charge in [0.15, 0.2) is 5.16 Å². The fraction of sp³-hybridized carbons (Fsp3) is 0.474. The van der Waals surface area contributed by atoms with Gasteiger partial charge >= 0.3 is 0 Å². The minimum absolute atomic E-state index is 0.209. The summed E-state index contributed by atoms with van der Waals surface area (Å²) in [5, 5.41) is 0.866. The number of piperidine rings is 1. The van der Waals surface area contributed by atoms with E-state index in [0.717, 1.165) is 46.8 Å². The summed E-state index contributed by atoms with van der Waals surface area (Å²) in [6.45, 7) is 3.10. The van der Waals surface area contributed by atoms with Crippen LogP contribution in [-0.4, -0.2) is 52.9 Å². The lowest BCUT2D eigenvalue weighted by Gasteiger charge is -2.26. The van der Waals surface area contributed by atoms with E-state index in [0.29, 0.717) is 18.9 Å². The average molecular weight is 438 g/mol. The van der Waals surface area contributed by atoms with Crippen molar-refractivity contribution < 1.29 is 9.53 Å². The molecule has 0 radical (unpaired) electrons. The molecule has 2 aromatic rings. The molecule has 0 bridgehead atoms. The van der Waals surface area contributed by atoms with E-state index >= 15 is 0 Å². The number of rotatable bonds is 7. The average Bonchev–Trinajstić information content (AvgIpc) is 3.08. The molecule has 3 rings (SSSR count). The third-order valence-electron chi connectivity index (χ3n) is 4.51. The highest BCUT2D eigenvalue weighted by atomic mass is 79.9. The third kappa shape index (κ3) is 4.90. The first-order chi connectivity index (χ1) is 12.7. The molecule has 1 aromatic heterocycles. The second kappa shape index (κ2) is 9.58. The summed E-state index contributed by atoms with van der Waals surface area (Å²) in [5.41, 5.74) is 2.15. The summed E-state index contributed by atoms with van der Waals surface area (Å²) >= 11 is 4.99. The smallest absolute Gasteiger partial charge is 0.233 e. The number of aromatic nitrogens is 2. The van der Waals surface area contributed by atoms with Crippen molar-refractivity contribution in [3.05, 3.63) is 34.9 Å². The van der Waals surface area contributed by atoms with E-state index in [9.17, 15) is 4.79 Å². The largest absolute Gasteiger partial charge is 0.383 e. The highest BCUT2D eigenvalue weighted by molar-refractivity contribution is 9.10. The lowest BCUT2D eigenvalue weighted by atomic mass is 10.1. The van der Waals surface area contributed by atoms with Crippen LogP contribution in [0.15, 0.2) is 40.1 Å². The van der Waals surface area contributed by atoms with E-state index in [1.807, 2.05) is 23.2 Å². The highest BCUT2D eigenvalue weighted by Crippen LogP contribution is 2.27. The SMILES string of the molecule is COCCn1c(-c2ccc(Br)cc2)cnc1SCC(=O)N1CCCCC1. The van der Waals surface area contributed by atoms with Crippen molar-refractivity contribution >= 4 is 33.6 Å². The summed E-state index contributed by atoms with van der Waals surface area (Å²) in [4.78, 5) is 19.0. The van der Waals surface area contributed by atoms with Crippen molar-refractivity contribution in [3.63, 3.8) is 0 Å². The molecule has 140 valence electrons. The number of benzene rings is 1. The van der Waals surface area contributed by atoms with Gasteiger partial charge in [-0.2, -0.15) is 0 Å². The number of nitrogens with zero attached hydrogens (tertiary/aromatic N) is 3. The first-order valence-electron chi connectivity index (χ1n) is 8.90. The van der Waals surface area contributed by atoms with Crippen molar-refractivity contribution in [2.75, 3.05) is 32.6 Å². The van der Waals surface area contributed by atoms with Gasteiger partial charge < -0.3 is 14.2 Å². The summed E-state index contributed by atoms with van der Waals surface area (Å²) in [6.07, 6.45) is 5.35. The van der Waals surface area contributed by atoms with Gasteiger partial charge in [0, 0.05) is 31.2 Å². The van der Waals surface area contributed by atoms with Gasteiger partial charge in [-0.05, 0) is 37.0 Å². The highest BCUT2D eigenvalue weighted by Gasteiger charge is 2.19. The third-order valence-corrected chi connectivity index (χ3v) is 6.02. The van der Waals surface area contributed by atoms with Crippen LogP contribution in [0.4, 0.5) is 0 Å². The van der Waals surface area contributed by atoms with Crippen molar-refractivity contribution in [3.8, 4) is 11.3 Å². The first kappa shape index (κ1) is 19.5. The molecule has 1 amide bonds. The van der Waals surface area contributed by atoms with Crippen LogP contribution in [-0.2, 0) is 16.1 Å². The number of ether oxygens (including phenoxy) is 1. The Morgan fingerprint density at radius 2 is 1.96 bits per heavy atom. The molecule has 0 saturated carbocycles. The van der Waals surface area contributed by atoms with Crippen LogP contribution < -0.4 is 0 Å². The Morgan fingerprint density at radius 1 is 1.23 bits per heavy atom. The van der Waals surface area contributed by atoms with Gasteiger partial charge in [0.25, 0.3) is 0 Å². The molecule has 1 aliphatic rings. The zero-order chi connectivity index (χ0) is 18.4. The Bertz CT molecular complexity index is 727. The predicted octanol–water partition coefficient (Wildman–Crippen LogP) is 4.06. The molecular weight excluding hydrogens is 414 g/mol. The number of halogens is 1. The van der Waals surface area contributed by atoms with E-state index in [-0.39, 0.29) is 5.91 Å². The molecule has 0 spiro atoms. The zero-order valence-electron chi connectivity index (χ0n) is 15.0. The number of carbonyl (C=O) groups excluding carboxylic acids is 1. The minimum Gasteiger partial charge on any atom is -0.383 e. The van der Waals surface area contributed by atoms with E-state index in [1.165, 1.54) is 18.2 Å². The molecule has 1 aromatic carbocycles. The maximum atomic E-state index is 12.4. The predicted molar refractivity (Wildman–Crippen MR) is 108 cm³/mol. The number of imidazole rings is 1. The molecule has 0 aliphatic carbocycles. The lowest BCUT2D eigenvalue weighted by molar-refractivity contribution is -0.129. The summed E-state index contributed by atoms with van der Waals surface area (Å²) in [7, 11) is 1.70. The van der Waals surface area contributed by atoms with Gasteiger partial charge in [-0.25, -0.2) is 4.98 Å². The van der Waals surface area contributed by atoms with Gasteiger partial charge in [0.05, 0.1) is 24.3 Å². The maximum absolute atomic E-state index is 12.4. The fourth-order valence-corrected chi connectivity index (χ4v) is 4.26. The van der Waals surface area contributed by atoms with E-state index < -0.39 is 0 Å². The normalized spacial score (nSPS) is 14.6. The number of thioether (sulfide) groups is 1. The molecule has 7 heteroatoms. The number of amides is 1. The lowest BCUT2D eigenvalue weighted by Crippen LogP contribution is -2.36. The van der Waals surface area contributed by atoms with Crippen molar-refractivity contribution in [1.29, 1.82) is 0 Å². The molecule has 26 heavy (non-hydrogen) atoms. The van der Waals surface area contributed by atoms with Crippen LogP contribution in [0.5, 0.6) is 0 Å². The molecule has 5 nitrogen and oxygen atoms in total. The topological polar surface area (TPSA) is 47.4 Å². The van der Waals surface area contributed by atoms with Crippen molar-refractivity contribution in [2.45, 2.75) is 31.0 Å². The van der Waals surface area contributed by atoms with Gasteiger partial charge in [-0.15, -0.1) is 0 Å². The van der Waals surface area contributed by atoms with Crippen LogP contribution in [0.1, 0.15) is 19.3 Å². The van der Waals surface area contributed by atoms with Crippen LogP contribution in [0.2, 0.25) is 0 Å². The quantitative estimate of drug-likeness (QED) is 0.612. The number of carbonyl (C=O) groups is 1. The summed E-state index contributed by atoms with van der Waals surface area (Å²) in [5.74, 6) is 0.644. The monoisotopic (exact) mass is 437 g/mol. The van der Waals surface area contributed by atoms with Crippen LogP contribution in [0.25, 0.3) is 11.3 Å². The Hall–Kier alpha value is -1.31. The van der Waals surface area contributed by atoms with Gasteiger partial charge in [-0.1, -0.05) is 39.8 Å². The molecular formula is C19H24BrN3O2S. The number of methoxy groups -OCH3 is 1. The number of hydrogen-bond donors (Lipinski definition) is 0. The first-order valence-corrected chi connectivity index (χ1v) is 10.7.